The van der Waals surface area contributed by atoms with Crippen LogP contribution in [0.5, 0.6) is 0 Å². The van der Waals surface area contributed by atoms with Crippen molar-refractivity contribution in [2.75, 3.05) is 0 Å². The summed E-state index contributed by atoms with van der Waals surface area (Å²) in [6.45, 7) is 4.29. The van der Waals surface area contributed by atoms with Gasteiger partial charge in [-0.3, -0.25) is 0 Å². The molecule has 0 N–H and O–H groups in total. The van der Waals surface area contributed by atoms with Crippen LogP contribution in [-0.4, -0.2) is 0 Å². The molecule has 8 heavy (non-hydrogen) atoms. The molecule has 0 unspecified atom stereocenters. The standard InChI is InChI=1S/C8H12/c1-3-8-5-4-7(2)6-8/h3,6H,4-5H2,1-2H3/b8-3-. The monoisotopic (exact) mass is 108 g/mol. The van der Waals surface area contributed by atoms with Crippen LogP contribution in [0, 0.1) is 0 Å². The van der Waals surface area contributed by atoms with E-state index < -0.39 is 0 Å². The molecular weight excluding hydrogens is 96.1 g/mol. The minimum Gasteiger partial charge on any atom is -0.0844 e. The van der Waals surface area contributed by atoms with E-state index in [9.17, 15) is 0 Å². The molecule has 0 aliphatic heterocycles. The quantitative estimate of drug-likeness (QED) is 0.447. The van der Waals surface area contributed by atoms with Gasteiger partial charge in [-0.05, 0) is 26.7 Å². The highest BCUT2D eigenvalue weighted by atomic mass is 14.1. The van der Waals surface area contributed by atoms with E-state index in [0.29, 0.717) is 0 Å². The molecule has 0 aromatic heterocycles. The van der Waals surface area contributed by atoms with Crippen molar-refractivity contribution in [1.82, 2.24) is 0 Å². The maximum atomic E-state index is 2.28. The van der Waals surface area contributed by atoms with Crippen LogP contribution >= 0.6 is 0 Å². The van der Waals surface area contributed by atoms with Gasteiger partial charge in [-0.25, -0.2) is 0 Å². The van der Waals surface area contributed by atoms with Crippen LogP contribution in [-0.2, 0) is 0 Å². The first-order chi connectivity index (χ1) is 3.83. The topological polar surface area (TPSA) is 0 Å². The molecule has 0 aromatic rings. The second kappa shape index (κ2) is 2.17. The van der Waals surface area contributed by atoms with Crippen molar-refractivity contribution in [3.05, 3.63) is 23.3 Å². The number of allylic oxidation sites excluding steroid dienone is 4. The molecule has 0 bridgehead atoms. The van der Waals surface area contributed by atoms with E-state index in [1.807, 2.05) is 0 Å². The van der Waals surface area contributed by atoms with Crippen molar-refractivity contribution in [2.45, 2.75) is 26.7 Å². The van der Waals surface area contributed by atoms with Crippen LogP contribution in [0.2, 0.25) is 0 Å². The predicted molar refractivity (Wildman–Crippen MR) is 36.7 cm³/mol. The molecule has 44 valence electrons. The number of hydrogen-bond donors (Lipinski definition) is 0. The SMILES string of the molecule is C/C=C1\C=C(C)CC1. The number of rotatable bonds is 0. The van der Waals surface area contributed by atoms with E-state index in [4.69, 9.17) is 0 Å². The van der Waals surface area contributed by atoms with E-state index in [1.165, 1.54) is 24.0 Å². The molecule has 1 rings (SSSR count). The van der Waals surface area contributed by atoms with Crippen LogP contribution in [0.25, 0.3) is 0 Å². The Labute approximate surface area is 50.9 Å². The summed E-state index contributed by atoms with van der Waals surface area (Å²) in [5.41, 5.74) is 3.03. The fourth-order valence-corrected chi connectivity index (χ4v) is 1.03. The van der Waals surface area contributed by atoms with Gasteiger partial charge in [0, 0.05) is 0 Å². The molecule has 0 aromatic carbocycles. The van der Waals surface area contributed by atoms with Gasteiger partial charge >= 0.3 is 0 Å². The van der Waals surface area contributed by atoms with Gasteiger partial charge in [0.05, 0.1) is 0 Å². The summed E-state index contributed by atoms with van der Waals surface area (Å²) in [4.78, 5) is 0. The van der Waals surface area contributed by atoms with Crippen molar-refractivity contribution < 1.29 is 0 Å². The molecule has 1 aliphatic carbocycles. The average molecular weight is 108 g/mol. The van der Waals surface area contributed by atoms with Crippen LogP contribution in [0.4, 0.5) is 0 Å². The Hall–Kier alpha value is -0.520. The summed E-state index contributed by atoms with van der Waals surface area (Å²) in [7, 11) is 0. The Bertz CT molecular complexity index is 138. The van der Waals surface area contributed by atoms with Gasteiger partial charge in [-0.15, -0.1) is 0 Å². The maximum absolute atomic E-state index is 2.28. The molecule has 0 radical (unpaired) electrons. The minimum atomic E-state index is 1.27. The summed E-state index contributed by atoms with van der Waals surface area (Å²) in [6, 6.07) is 0. The lowest BCUT2D eigenvalue weighted by molar-refractivity contribution is 1.01. The van der Waals surface area contributed by atoms with Crippen LogP contribution in [0.3, 0.4) is 0 Å². The summed E-state index contributed by atoms with van der Waals surface area (Å²) >= 11 is 0. The fraction of sp³-hybridized carbons (Fsp3) is 0.500. The van der Waals surface area contributed by atoms with Crippen molar-refractivity contribution in [3.8, 4) is 0 Å². The summed E-state index contributed by atoms with van der Waals surface area (Å²) in [5, 5.41) is 0. The Morgan fingerprint density at radius 2 is 2.25 bits per heavy atom. The van der Waals surface area contributed by atoms with Gasteiger partial charge in [0.15, 0.2) is 0 Å². The summed E-state index contributed by atoms with van der Waals surface area (Å²) in [5.74, 6) is 0. The van der Waals surface area contributed by atoms with Gasteiger partial charge in [0.1, 0.15) is 0 Å². The van der Waals surface area contributed by atoms with Gasteiger partial charge in [-0.2, -0.15) is 0 Å². The minimum absolute atomic E-state index is 1.27. The van der Waals surface area contributed by atoms with Crippen molar-refractivity contribution in [3.63, 3.8) is 0 Å². The molecule has 1 aliphatic rings. The third-order valence-electron chi connectivity index (χ3n) is 1.61. The first kappa shape index (κ1) is 5.61. The molecule has 0 saturated carbocycles. The summed E-state index contributed by atoms with van der Waals surface area (Å²) < 4.78 is 0. The molecule has 0 heteroatoms. The molecule has 0 amide bonds. The third-order valence-corrected chi connectivity index (χ3v) is 1.61. The number of hydrogen-bond acceptors (Lipinski definition) is 0. The Morgan fingerprint density at radius 3 is 2.50 bits per heavy atom. The van der Waals surface area contributed by atoms with Gasteiger partial charge in [0.25, 0.3) is 0 Å². The van der Waals surface area contributed by atoms with Crippen LogP contribution in [0.1, 0.15) is 26.7 Å². The molecule has 0 nitrogen and oxygen atoms in total. The fourth-order valence-electron chi connectivity index (χ4n) is 1.03. The summed E-state index contributed by atoms with van der Waals surface area (Å²) in [6.07, 6.45) is 7.01. The second-order valence-electron chi connectivity index (χ2n) is 2.35. The van der Waals surface area contributed by atoms with Crippen molar-refractivity contribution >= 4 is 0 Å². The zero-order valence-corrected chi connectivity index (χ0v) is 5.57. The zero-order chi connectivity index (χ0) is 5.98. The lowest BCUT2D eigenvalue weighted by Crippen LogP contribution is -1.64. The van der Waals surface area contributed by atoms with Crippen LogP contribution < -0.4 is 0 Å². The maximum Gasteiger partial charge on any atom is -0.0245 e. The predicted octanol–water partition coefficient (Wildman–Crippen LogP) is 2.67. The largest absolute Gasteiger partial charge is 0.0844 e. The van der Waals surface area contributed by atoms with E-state index in [1.54, 1.807) is 0 Å². The van der Waals surface area contributed by atoms with Gasteiger partial charge in [-0.1, -0.05) is 23.3 Å². The average Bonchev–Trinajstić information content (AvgIpc) is 2.14. The normalized spacial score (nSPS) is 24.2. The molecule has 0 atom stereocenters. The van der Waals surface area contributed by atoms with Gasteiger partial charge in [0.2, 0.25) is 0 Å². The highest BCUT2D eigenvalue weighted by Gasteiger charge is 2.01. The first-order valence-electron chi connectivity index (χ1n) is 3.15. The van der Waals surface area contributed by atoms with E-state index in [0.717, 1.165) is 0 Å². The van der Waals surface area contributed by atoms with Crippen LogP contribution in [0.15, 0.2) is 23.3 Å². The Morgan fingerprint density at radius 1 is 1.50 bits per heavy atom. The zero-order valence-electron chi connectivity index (χ0n) is 5.57. The van der Waals surface area contributed by atoms with Crippen molar-refractivity contribution in [1.29, 1.82) is 0 Å². The van der Waals surface area contributed by atoms with Gasteiger partial charge < -0.3 is 0 Å². The Kier molecular flexibility index (Phi) is 1.52. The third kappa shape index (κ3) is 1.00. The molecule has 0 heterocycles. The smallest absolute Gasteiger partial charge is 0.0245 e. The van der Waals surface area contributed by atoms with E-state index in [2.05, 4.69) is 26.0 Å². The molecule has 0 fully saturated rings. The highest BCUT2D eigenvalue weighted by Crippen LogP contribution is 2.21. The molecule has 0 spiro atoms. The van der Waals surface area contributed by atoms with E-state index >= 15 is 0 Å². The Balaban J connectivity index is 2.67. The lowest BCUT2D eigenvalue weighted by Gasteiger charge is -1.84. The lowest BCUT2D eigenvalue weighted by atomic mass is 10.2. The molecular formula is C8H12. The van der Waals surface area contributed by atoms with Crippen molar-refractivity contribution in [2.24, 2.45) is 0 Å². The first-order valence-corrected chi connectivity index (χ1v) is 3.15. The van der Waals surface area contributed by atoms with E-state index in [-0.39, 0.29) is 0 Å². The molecule has 0 saturated heterocycles. The second-order valence-corrected chi connectivity index (χ2v) is 2.35. The highest BCUT2D eigenvalue weighted by molar-refractivity contribution is 5.28.